The van der Waals surface area contributed by atoms with E-state index < -0.39 is 0 Å². The van der Waals surface area contributed by atoms with E-state index in [1.807, 2.05) is 0 Å². The third-order valence-electron chi connectivity index (χ3n) is 12.0. The van der Waals surface area contributed by atoms with Crippen LogP contribution in [-0.2, 0) is 12.8 Å². The Kier molecular flexibility index (Phi) is 5.71. The van der Waals surface area contributed by atoms with Crippen LogP contribution in [0.2, 0.25) is 0 Å². The Morgan fingerprint density at radius 1 is 0.327 bits per heavy atom. The predicted octanol–water partition coefficient (Wildman–Crippen LogP) is 13.9. The zero-order chi connectivity index (χ0) is 33.9. The summed E-state index contributed by atoms with van der Waals surface area (Å²) in [7, 11) is 0. The summed E-state index contributed by atoms with van der Waals surface area (Å²) in [6.07, 6.45) is 6.76. The molecule has 0 aliphatic heterocycles. The highest BCUT2D eigenvalue weighted by Gasteiger charge is 2.25. The molecule has 52 heavy (non-hydrogen) atoms. The van der Waals surface area contributed by atoms with Gasteiger partial charge in [0, 0.05) is 0 Å². The van der Waals surface area contributed by atoms with Crippen molar-refractivity contribution >= 4 is 87.9 Å². The van der Waals surface area contributed by atoms with Gasteiger partial charge in [-0.2, -0.15) is 0 Å². The maximum absolute atomic E-state index is 2.51. The lowest BCUT2D eigenvalue weighted by molar-refractivity contribution is 1.32. The minimum Gasteiger partial charge on any atom is -0.0619 e. The van der Waals surface area contributed by atoms with Gasteiger partial charge in [0.1, 0.15) is 0 Å². The molecule has 0 heteroatoms. The van der Waals surface area contributed by atoms with Gasteiger partial charge in [0.2, 0.25) is 0 Å². The Labute approximate surface area is 301 Å². The summed E-state index contributed by atoms with van der Waals surface area (Å²) in [4.78, 5) is 0. The monoisotopic (exact) mass is 656 g/mol. The molecule has 10 aromatic carbocycles. The summed E-state index contributed by atoms with van der Waals surface area (Å²) in [6, 6.07) is 59.4. The van der Waals surface area contributed by atoms with E-state index in [0.717, 1.165) is 12.8 Å². The van der Waals surface area contributed by atoms with Crippen LogP contribution in [0.4, 0.5) is 0 Å². The van der Waals surface area contributed by atoms with Crippen LogP contribution in [0, 0.1) is 0 Å². The Bertz CT molecular complexity index is 3170. The van der Waals surface area contributed by atoms with Crippen molar-refractivity contribution in [2.24, 2.45) is 0 Å². The third kappa shape index (κ3) is 3.87. The molecule has 0 N–H and O–H groups in total. The van der Waals surface area contributed by atoms with Crippen LogP contribution < -0.4 is 0 Å². The fourth-order valence-electron chi connectivity index (χ4n) is 9.82. The summed E-state index contributed by atoms with van der Waals surface area (Å²) in [6.45, 7) is 0. The van der Waals surface area contributed by atoms with Gasteiger partial charge >= 0.3 is 0 Å². The van der Waals surface area contributed by atoms with Gasteiger partial charge in [0.15, 0.2) is 0 Å². The molecule has 2 aliphatic rings. The Balaban J connectivity index is 1.17. The second-order valence-corrected chi connectivity index (χ2v) is 14.7. The largest absolute Gasteiger partial charge is 0.0619 e. The van der Waals surface area contributed by atoms with Crippen molar-refractivity contribution in [3.05, 3.63) is 191 Å². The van der Waals surface area contributed by atoms with Gasteiger partial charge < -0.3 is 0 Å². The predicted molar refractivity (Wildman–Crippen MR) is 224 cm³/mol. The summed E-state index contributed by atoms with van der Waals surface area (Å²) in [5, 5.41) is 16.0. The Morgan fingerprint density at radius 2 is 0.808 bits per heavy atom. The van der Waals surface area contributed by atoms with E-state index in [1.165, 1.54) is 120 Å². The average Bonchev–Trinajstić information content (AvgIpc) is 3.83. The molecular weight excluding hydrogens is 625 g/mol. The quantitative estimate of drug-likeness (QED) is 0.131. The lowest BCUT2D eigenvalue weighted by atomic mass is 9.83. The molecule has 240 valence electrons. The molecule has 0 bridgehead atoms. The van der Waals surface area contributed by atoms with Gasteiger partial charge in [0.25, 0.3) is 0 Å². The molecule has 12 rings (SSSR count). The molecule has 0 unspecified atom stereocenters. The van der Waals surface area contributed by atoms with Gasteiger partial charge in [-0.25, -0.2) is 0 Å². The summed E-state index contributed by atoms with van der Waals surface area (Å²) >= 11 is 0. The first-order valence-electron chi connectivity index (χ1n) is 18.4. The maximum Gasteiger partial charge on any atom is -0.00132 e. The number of hydrogen-bond acceptors (Lipinski definition) is 0. The summed E-state index contributed by atoms with van der Waals surface area (Å²) < 4.78 is 0. The lowest BCUT2D eigenvalue weighted by Gasteiger charge is -2.20. The highest BCUT2D eigenvalue weighted by atomic mass is 14.3. The molecule has 0 nitrogen and oxygen atoms in total. The number of hydrogen-bond donors (Lipinski definition) is 0. The molecule has 0 saturated carbocycles. The molecule has 0 heterocycles. The minimum absolute atomic E-state index is 0.943. The second kappa shape index (κ2) is 10.5. The second-order valence-electron chi connectivity index (χ2n) is 14.7. The molecule has 0 spiro atoms. The maximum atomic E-state index is 2.51. The van der Waals surface area contributed by atoms with Crippen molar-refractivity contribution in [1.82, 2.24) is 0 Å². The standard InChI is InChI=1S/C52H32/c1-2-11-33-27-37(26-32(33)10-1)50-41-16-5-6-17-42(41)51(38-28-34-12-3-4-13-35(34)29-38)48-30-36(22-23-47(48)50)39-24-25-46-44-19-8-15-31-14-7-18-43(49(31)44)45-21-9-20-40(39)52(45)46/h1-26,28,30H,27,29H2. The first-order valence-corrected chi connectivity index (χ1v) is 18.4. The topological polar surface area (TPSA) is 0 Å². The molecule has 0 saturated heterocycles. The zero-order valence-electron chi connectivity index (χ0n) is 28.6. The number of rotatable bonds is 3. The van der Waals surface area contributed by atoms with Gasteiger partial charge in [-0.1, -0.05) is 164 Å². The van der Waals surface area contributed by atoms with Crippen molar-refractivity contribution in [3.63, 3.8) is 0 Å². The van der Waals surface area contributed by atoms with Crippen LogP contribution in [0.1, 0.15) is 33.4 Å². The normalized spacial score (nSPS) is 13.8. The molecule has 0 fully saturated rings. The van der Waals surface area contributed by atoms with Crippen LogP contribution in [0.3, 0.4) is 0 Å². The first kappa shape index (κ1) is 28.2. The van der Waals surface area contributed by atoms with Crippen LogP contribution in [-0.4, -0.2) is 0 Å². The fourth-order valence-corrected chi connectivity index (χ4v) is 9.82. The molecule has 0 amide bonds. The van der Waals surface area contributed by atoms with Crippen LogP contribution in [0.25, 0.3) is 99.1 Å². The van der Waals surface area contributed by atoms with Crippen molar-refractivity contribution in [1.29, 1.82) is 0 Å². The van der Waals surface area contributed by atoms with E-state index in [9.17, 15) is 0 Å². The molecule has 10 aromatic rings. The SMILES string of the molecule is C1=C(c2c3ccccc3c(C3=Cc4ccccc4C3)c3cc(-c4ccc5c6cccc7cccc(c8cccc4c85)c76)ccc23)Cc2ccccc21. The van der Waals surface area contributed by atoms with Crippen molar-refractivity contribution in [2.75, 3.05) is 0 Å². The minimum atomic E-state index is 0.943. The average molecular weight is 657 g/mol. The fraction of sp³-hybridized carbons (Fsp3) is 0.0385. The molecule has 0 atom stereocenters. The van der Waals surface area contributed by atoms with E-state index in [0.29, 0.717) is 0 Å². The number of fused-ring (bicyclic) bond motifs is 6. The molecule has 0 aromatic heterocycles. The van der Waals surface area contributed by atoms with Gasteiger partial charge in [-0.3, -0.25) is 0 Å². The van der Waals surface area contributed by atoms with E-state index in [2.05, 4.69) is 170 Å². The zero-order valence-corrected chi connectivity index (χ0v) is 28.6. The van der Waals surface area contributed by atoms with Crippen LogP contribution in [0.15, 0.2) is 158 Å². The molecular formula is C52H32. The van der Waals surface area contributed by atoms with Gasteiger partial charge in [-0.05, 0) is 139 Å². The Morgan fingerprint density at radius 3 is 1.46 bits per heavy atom. The van der Waals surface area contributed by atoms with Crippen LogP contribution >= 0.6 is 0 Å². The highest BCUT2D eigenvalue weighted by molar-refractivity contribution is 6.34. The smallest absolute Gasteiger partial charge is 0.00132 e. The van der Waals surface area contributed by atoms with Crippen molar-refractivity contribution < 1.29 is 0 Å². The molecule has 2 aliphatic carbocycles. The third-order valence-corrected chi connectivity index (χ3v) is 12.0. The van der Waals surface area contributed by atoms with Gasteiger partial charge in [-0.15, -0.1) is 0 Å². The summed E-state index contributed by atoms with van der Waals surface area (Å²) in [5.41, 5.74) is 13.6. The summed E-state index contributed by atoms with van der Waals surface area (Å²) in [5.74, 6) is 0. The van der Waals surface area contributed by atoms with E-state index in [-0.39, 0.29) is 0 Å². The van der Waals surface area contributed by atoms with E-state index in [4.69, 9.17) is 0 Å². The van der Waals surface area contributed by atoms with Crippen molar-refractivity contribution in [3.8, 4) is 11.1 Å². The number of benzene rings is 10. The van der Waals surface area contributed by atoms with Gasteiger partial charge in [0.05, 0.1) is 0 Å². The Hall–Kier alpha value is -6.50. The van der Waals surface area contributed by atoms with E-state index >= 15 is 0 Å². The lowest BCUT2D eigenvalue weighted by Crippen LogP contribution is -1.97. The van der Waals surface area contributed by atoms with Crippen molar-refractivity contribution in [2.45, 2.75) is 12.8 Å². The molecule has 0 radical (unpaired) electrons. The number of allylic oxidation sites excluding steroid dienone is 2. The first-order chi connectivity index (χ1) is 25.8. The van der Waals surface area contributed by atoms with E-state index in [1.54, 1.807) is 0 Å². The highest BCUT2D eigenvalue weighted by Crippen LogP contribution is 2.48. The van der Waals surface area contributed by atoms with Crippen LogP contribution in [0.5, 0.6) is 0 Å².